The van der Waals surface area contributed by atoms with E-state index in [1.165, 1.54) is 31.0 Å². The van der Waals surface area contributed by atoms with Crippen molar-refractivity contribution in [2.45, 2.75) is 76.7 Å². The molecule has 7 rings (SSSR count). The van der Waals surface area contributed by atoms with E-state index < -0.39 is 20.9 Å². The van der Waals surface area contributed by atoms with Crippen molar-refractivity contribution < 1.29 is 18.1 Å². The van der Waals surface area contributed by atoms with Gasteiger partial charge >= 0.3 is 0 Å². The van der Waals surface area contributed by atoms with E-state index in [0.29, 0.717) is 29.8 Å². The van der Waals surface area contributed by atoms with Crippen molar-refractivity contribution in [3.8, 4) is 11.1 Å². The van der Waals surface area contributed by atoms with Crippen molar-refractivity contribution in [3.63, 3.8) is 0 Å². The number of carbonyl (C=O) groups excluding carboxylic acids is 1. The van der Waals surface area contributed by atoms with Gasteiger partial charge in [-0.1, -0.05) is 70.4 Å². The second-order valence-electron chi connectivity index (χ2n) is 14.1. The third-order valence-corrected chi connectivity index (χ3v) is 12.5. The average molecular weight is 645 g/mol. The number of rotatable bonds is 10. The van der Waals surface area contributed by atoms with E-state index in [1.807, 2.05) is 12.1 Å². The summed E-state index contributed by atoms with van der Waals surface area (Å²) in [6.45, 7) is 7.61. The number of para-hydroxylation sites is 1. The summed E-state index contributed by atoms with van der Waals surface area (Å²) in [6, 6.07) is 19.3. The minimum absolute atomic E-state index is 0.0924. The molecule has 0 saturated heterocycles. The van der Waals surface area contributed by atoms with Gasteiger partial charge in [-0.05, 0) is 96.2 Å². The van der Waals surface area contributed by atoms with Crippen LogP contribution in [0.5, 0.6) is 0 Å². The van der Waals surface area contributed by atoms with Gasteiger partial charge in [0.15, 0.2) is 0 Å². The maximum Gasteiger partial charge on any atom is 0.293 e. The van der Waals surface area contributed by atoms with Crippen LogP contribution in [-0.2, 0) is 10.0 Å². The van der Waals surface area contributed by atoms with Gasteiger partial charge < -0.3 is 10.6 Å². The van der Waals surface area contributed by atoms with E-state index in [2.05, 4.69) is 48.3 Å². The zero-order valence-electron chi connectivity index (χ0n) is 26.8. The summed E-state index contributed by atoms with van der Waals surface area (Å²) in [5.74, 6) is 1.68. The Morgan fingerprint density at radius 1 is 0.935 bits per heavy atom. The van der Waals surface area contributed by atoms with Crippen LogP contribution in [0.2, 0.25) is 0 Å². The Labute approximate surface area is 271 Å². The number of nitrogens with zero attached hydrogens (tertiary/aromatic N) is 1. The summed E-state index contributed by atoms with van der Waals surface area (Å²) in [5.41, 5.74) is 3.15. The standard InChI is InChI=1S/C36H44N4O5S/c1-23-30-20-28(36(30,2)3)21-31(23)38-29-18-16-26(17-19-29)25-12-14-27(15-13-25)35(41)39-46(44,45)33-11-7-10-32(40(42)43)34(33)37-22-24-8-5-4-6-9-24/h7,10-19,23-24,28,30-31,37-38H,4-6,8-9,20-22H2,1-3H3,(H,39,41)/t23-,28+,30-,31-/m0/s1. The number of carbonyl (C=O) groups is 1. The molecule has 3 aromatic rings. The van der Waals surface area contributed by atoms with Crippen molar-refractivity contribution >= 4 is 33.0 Å². The number of nitro benzene ring substituents is 1. The normalized spacial score (nSPS) is 24.0. The maximum absolute atomic E-state index is 13.4. The highest BCUT2D eigenvalue weighted by atomic mass is 32.2. The summed E-state index contributed by atoms with van der Waals surface area (Å²) >= 11 is 0. The molecule has 4 saturated carbocycles. The Kier molecular flexibility index (Phi) is 8.85. The third kappa shape index (κ3) is 6.36. The van der Waals surface area contributed by atoms with Crippen molar-refractivity contribution in [1.29, 1.82) is 0 Å². The molecule has 0 radical (unpaired) electrons. The molecule has 9 nitrogen and oxygen atoms in total. The van der Waals surface area contributed by atoms with Crippen LogP contribution in [0.3, 0.4) is 0 Å². The van der Waals surface area contributed by atoms with Crippen LogP contribution in [0.25, 0.3) is 11.1 Å². The van der Waals surface area contributed by atoms with Crippen LogP contribution in [0, 0.1) is 39.2 Å². The number of amides is 1. The largest absolute Gasteiger partial charge is 0.382 e. The van der Waals surface area contributed by atoms with Gasteiger partial charge in [-0.2, -0.15) is 0 Å². The minimum atomic E-state index is -4.41. The van der Waals surface area contributed by atoms with Crippen LogP contribution in [0.4, 0.5) is 17.1 Å². The number of anilines is 2. The fraction of sp³-hybridized carbons (Fsp3) is 0.472. The molecule has 0 aliphatic heterocycles. The Bertz CT molecular complexity index is 1700. The van der Waals surface area contributed by atoms with Crippen LogP contribution in [0.1, 0.15) is 76.1 Å². The Morgan fingerprint density at radius 2 is 1.59 bits per heavy atom. The average Bonchev–Trinajstić information content (AvgIpc) is 3.05. The van der Waals surface area contributed by atoms with Gasteiger partial charge in [0.25, 0.3) is 21.6 Å². The molecule has 0 spiro atoms. The zero-order chi connectivity index (χ0) is 32.6. The van der Waals surface area contributed by atoms with E-state index >= 15 is 0 Å². The molecule has 1 amide bonds. The molecular weight excluding hydrogens is 600 g/mol. The quantitative estimate of drug-likeness (QED) is 0.151. The molecule has 3 aromatic carbocycles. The highest BCUT2D eigenvalue weighted by molar-refractivity contribution is 7.90. The fourth-order valence-corrected chi connectivity index (χ4v) is 9.25. The van der Waals surface area contributed by atoms with Gasteiger partial charge in [0, 0.05) is 29.9 Å². The molecule has 46 heavy (non-hydrogen) atoms. The topological polar surface area (TPSA) is 130 Å². The van der Waals surface area contributed by atoms with Crippen molar-refractivity contribution in [2.75, 3.05) is 17.2 Å². The smallest absolute Gasteiger partial charge is 0.293 e. The lowest BCUT2D eigenvalue weighted by Crippen LogP contribution is -2.58. The lowest BCUT2D eigenvalue weighted by molar-refractivity contribution is -0.384. The third-order valence-electron chi connectivity index (χ3n) is 11.1. The molecule has 4 aliphatic rings. The van der Waals surface area contributed by atoms with Gasteiger partial charge in [0.1, 0.15) is 10.6 Å². The molecular formula is C36H44N4O5S. The first-order valence-electron chi connectivity index (χ1n) is 16.5. The lowest BCUT2D eigenvalue weighted by Gasteiger charge is -2.62. The van der Waals surface area contributed by atoms with E-state index in [4.69, 9.17) is 0 Å². The molecule has 0 heterocycles. The van der Waals surface area contributed by atoms with Crippen molar-refractivity contribution in [1.82, 2.24) is 4.72 Å². The van der Waals surface area contributed by atoms with E-state index in [0.717, 1.165) is 60.8 Å². The molecule has 2 bridgehead atoms. The van der Waals surface area contributed by atoms with Gasteiger partial charge in [-0.15, -0.1) is 0 Å². The Morgan fingerprint density at radius 3 is 2.20 bits per heavy atom. The van der Waals surface area contributed by atoms with E-state index in [1.54, 1.807) is 24.3 Å². The molecule has 244 valence electrons. The van der Waals surface area contributed by atoms with Gasteiger partial charge in [0.05, 0.1) is 4.92 Å². The first kappa shape index (κ1) is 32.0. The van der Waals surface area contributed by atoms with Gasteiger partial charge in [-0.3, -0.25) is 14.9 Å². The number of fused-ring (bicyclic) bond motifs is 2. The lowest BCUT2D eigenvalue weighted by atomic mass is 9.45. The molecule has 4 aliphatic carbocycles. The summed E-state index contributed by atoms with van der Waals surface area (Å²) in [4.78, 5) is 23.9. The summed E-state index contributed by atoms with van der Waals surface area (Å²) in [7, 11) is -4.41. The number of nitro groups is 1. The SMILES string of the molecule is C[C@@H]1[C@@H](Nc2ccc(-c3ccc(C(=O)NS(=O)(=O)c4cccc([N+](=O)[O-])c4NCC4CCCCC4)cc3)cc2)C[C@H]2C[C@@H]1C2(C)C. The number of sulfonamides is 1. The molecule has 3 N–H and O–H groups in total. The van der Waals surface area contributed by atoms with E-state index in [9.17, 15) is 23.3 Å². The number of hydrogen-bond donors (Lipinski definition) is 3. The van der Waals surface area contributed by atoms with Gasteiger partial charge in [-0.25, -0.2) is 13.1 Å². The number of benzene rings is 3. The first-order valence-corrected chi connectivity index (χ1v) is 18.0. The molecule has 0 unspecified atom stereocenters. The first-order chi connectivity index (χ1) is 21.9. The molecule has 4 fully saturated rings. The summed E-state index contributed by atoms with van der Waals surface area (Å²) in [5, 5.41) is 18.6. The zero-order valence-corrected chi connectivity index (χ0v) is 27.6. The Hall–Kier alpha value is -3.92. The molecule has 10 heteroatoms. The predicted molar refractivity (Wildman–Crippen MR) is 181 cm³/mol. The molecule has 4 atom stereocenters. The van der Waals surface area contributed by atoms with Crippen LogP contribution in [0.15, 0.2) is 71.6 Å². The second-order valence-corrected chi connectivity index (χ2v) is 15.7. The van der Waals surface area contributed by atoms with Crippen molar-refractivity contribution in [3.05, 3.63) is 82.4 Å². The highest BCUT2D eigenvalue weighted by Crippen LogP contribution is 2.61. The number of hydrogen-bond acceptors (Lipinski definition) is 7. The van der Waals surface area contributed by atoms with Crippen molar-refractivity contribution in [2.24, 2.45) is 29.1 Å². The minimum Gasteiger partial charge on any atom is -0.382 e. The summed E-state index contributed by atoms with van der Waals surface area (Å²) < 4.78 is 28.9. The molecule has 0 aromatic heterocycles. The maximum atomic E-state index is 13.4. The summed E-state index contributed by atoms with van der Waals surface area (Å²) in [6.07, 6.45) is 7.86. The van der Waals surface area contributed by atoms with Crippen LogP contribution in [-0.4, -0.2) is 31.8 Å². The van der Waals surface area contributed by atoms with Crippen LogP contribution >= 0.6 is 0 Å². The fourth-order valence-electron chi connectivity index (χ4n) is 8.07. The number of nitrogens with one attached hydrogen (secondary N) is 3. The van der Waals surface area contributed by atoms with Crippen LogP contribution < -0.4 is 15.4 Å². The highest BCUT2D eigenvalue weighted by Gasteiger charge is 2.56. The van der Waals surface area contributed by atoms with Gasteiger partial charge in [0.2, 0.25) is 0 Å². The van der Waals surface area contributed by atoms with E-state index in [-0.39, 0.29) is 21.8 Å². The monoisotopic (exact) mass is 644 g/mol. The second kappa shape index (κ2) is 12.7. The predicted octanol–water partition coefficient (Wildman–Crippen LogP) is 7.86. The Balaban J connectivity index is 1.11.